The Labute approximate surface area is 161 Å². The van der Waals surface area contributed by atoms with Gasteiger partial charge in [0, 0.05) is 30.5 Å². The molecule has 2 fully saturated rings. The Balaban J connectivity index is 1.63. The van der Waals surface area contributed by atoms with Gasteiger partial charge in [-0.05, 0) is 48.9 Å². The lowest BCUT2D eigenvalue weighted by atomic mass is 9.67. The Morgan fingerprint density at radius 3 is 2.44 bits per heavy atom. The molecule has 2 bridgehead atoms. The molecule has 0 saturated carbocycles. The minimum absolute atomic E-state index is 0.181. The van der Waals surface area contributed by atoms with Crippen molar-refractivity contribution in [3.8, 4) is 5.75 Å². The molecule has 2 heterocycles. The summed E-state index contributed by atoms with van der Waals surface area (Å²) in [5.41, 5.74) is 8.07. The van der Waals surface area contributed by atoms with E-state index in [1.165, 1.54) is 24.0 Å². The van der Waals surface area contributed by atoms with Crippen LogP contribution in [0.15, 0.2) is 54.6 Å². The molecule has 27 heavy (non-hydrogen) atoms. The molecule has 4 nitrogen and oxygen atoms in total. The maximum Gasteiger partial charge on any atom is 0.218 e. The summed E-state index contributed by atoms with van der Waals surface area (Å²) in [6.07, 6.45) is 4.76. The van der Waals surface area contributed by atoms with Crippen LogP contribution in [0, 0.1) is 0 Å². The molecular weight excluding hydrogens is 336 g/mol. The quantitative estimate of drug-likeness (QED) is 0.851. The van der Waals surface area contributed by atoms with E-state index in [-0.39, 0.29) is 11.3 Å². The third kappa shape index (κ3) is 3.59. The third-order valence-corrected chi connectivity index (χ3v) is 6.43. The Morgan fingerprint density at radius 2 is 1.81 bits per heavy atom. The molecule has 2 atom stereocenters. The molecule has 0 aliphatic carbocycles. The van der Waals surface area contributed by atoms with Crippen LogP contribution in [-0.2, 0) is 16.8 Å². The lowest BCUT2D eigenvalue weighted by Crippen LogP contribution is -2.50. The fourth-order valence-electron chi connectivity index (χ4n) is 5.26. The van der Waals surface area contributed by atoms with Crippen molar-refractivity contribution in [2.45, 2.75) is 56.1 Å². The summed E-state index contributed by atoms with van der Waals surface area (Å²) >= 11 is 0. The number of benzene rings is 2. The molecule has 1 amide bonds. The average molecular weight is 364 g/mol. The zero-order chi connectivity index (χ0) is 18.9. The van der Waals surface area contributed by atoms with Crippen molar-refractivity contribution in [1.82, 2.24) is 4.90 Å². The highest BCUT2D eigenvalue weighted by Gasteiger charge is 2.49. The molecule has 0 radical (unpaired) electrons. The number of nitrogens with zero attached hydrogens (tertiary/aromatic N) is 1. The van der Waals surface area contributed by atoms with Gasteiger partial charge in [0.1, 0.15) is 5.75 Å². The molecule has 2 saturated heterocycles. The second kappa shape index (κ2) is 7.35. The fourth-order valence-corrected chi connectivity index (χ4v) is 5.26. The van der Waals surface area contributed by atoms with Crippen molar-refractivity contribution < 1.29 is 9.53 Å². The van der Waals surface area contributed by atoms with Crippen LogP contribution >= 0.6 is 0 Å². The first-order chi connectivity index (χ1) is 13.1. The molecular formula is C23H28N2O2. The molecule has 4 heteroatoms. The van der Waals surface area contributed by atoms with Crippen LogP contribution in [0.1, 0.15) is 43.2 Å². The van der Waals surface area contributed by atoms with Gasteiger partial charge in [-0.2, -0.15) is 0 Å². The van der Waals surface area contributed by atoms with Crippen molar-refractivity contribution in [3.05, 3.63) is 65.7 Å². The number of primary amides is 1. The summed E-state index contributed by atoms with van der Waals surface area (Å²) in [6.45, 7) is 0.987. The molecule has 2 aromatic rings. The van der Waals surface area contributed by atoms with Gasteiger partial charge in [-0.3, -0.25) is 9.69 Å². The van der Waals surface area contributed by atoms with Gasteiger partial charge in [0.2, 0.25) is 5.91 Å². The Bertz CT molecular complexity index is 791. The van der Waals surface area contributed by atoms with Gasteiger partial charge in [0.15, 0.2) is 0 Å². The summed E-state index contributed by atoms with van der Waals surface area (Å²) in [6, 6.07) is 19.9. The van der Waals surface area contributed by atoms with Crippen LogP contribution in [0.5, 0.6) is 5.75 Å². The maximum atomic E-state index is 12.0. The van der Waals surface area contributed by atoms with E-state index in [0.717, 1.165) is 25.1 Å². The highest BCUT2D eigenvalue weighted by molar-refractivity contribution is 5.75. The van der Waals surface area contributed by atoms with E-state index in [1.54, 1.807) is 7.11 Å². The fraction of sp³-hybridized carbons (Fsp3) is 0.435. The zero-order valence-corrected chi connectivity index (χ0v) is 15.9. The van der Waals surface area contributed by atoms with Gasteiger partial charge >= 0.3 is 0 Å². The van der Waals surface area contributed by atoms with E-state index in [1.807, 2.05) is 12.1 Å². The smallest absolute Gasteiger partial charge is 0.218 e. The number of fused-ring (bicyclic) bond motifs is 2. The number of amides is 1. The number of hydrogen-bond acceptors (Lipinski definition) is 3. The first-order valence-electron chi connectivity index (χ1n) is 9.82. The summed E-state index contributed by atoms with van der Waals surface area (Å²) in [5, 5.41) is 0. The molecule has 0 spiro atoms. The summed E-state index contributed by atoms with van der Waals surface area (Å²) in [5.74, 6) is 0.629. The standard InChI is InChI=1S/C23H28N2O2/c1-27-21-9-5-8-18(12-21)23(15-22(24)26)13-19-10-11-20(14-23)25(19)16-17-6-3-2-4-7-17/h2-9,12,19-20H,10-11,13-16H2,1H3,(H2,24,26). The molecule has 2 aliphatic rings. The number of rotatable bonds is 6. The van der Waals surface area contributed by atoms with Crippen LogP contribution in [0.25, 0.3) is 0 Å². The molecule has 2 unspecified atom stereocenters. The maximum absolute atomic E-state index is 12.0. The Kier molecular flexibility index (Phi) is 4.92. The number of hydrogen-bond donors (Lipinski definition) is 1. The van der Waals surface area contributed by atoms with E-state index < -0.39 is 0 Å². The number of ether oxygens (including phenoxy) is 1. The third-order valence-electron chi connectivity index (χ3n) is 6.43. The molecule has 142 valence electrons. The van der Waals surface area contributed by atoms with Crippen LogP contribution in [0.3, 0.4) is 0 Å². The monoisotopic (exact) mass is 364 g/mol. The second-order valence-electron chi connectivity index (χ2n) is 8.11. The van der Waals surface area contributed by atoms with Crippen molar-refractivity contribution in [2.24, 2.45) is 5.73 Å². The predicted molar refractivity (Wildman–Crippen MR) is 107 cm³/mol. The van der Waals surface area contributed by atoms with E-state index in [2.05, 4.69) is 47.4 Å². The number of carbonyl (C=O) groups is 1. The van der Waals surface area contributed by atoms with Crippen LogP contribution in [-0.4, -0.2) is 30.0 Å². The van der Waals surface area contributed by atoms with Crippen molar-refractivity contribution in [3.63, 3.8) is 0 Å². The molecule has 2 aliphatic heterocycles. The highest BCUT2D eigenvalue weighted by atomic mass is 16.5. The Morgan fingerprint density at radius 1 is 1.11 bits per heavy atom. The van der Waals surface area contributed by atoms with Crippen LogP contribution in [0.2, 0.25) is 0 Å². The largest absolute Gasteiger partial charge is 0.497 e. The minimum atomic E-state index is -0.214. The van der Waals surface area contributed by atoms with Gasteiger partial charge in [-0.1, -0.05) is 42.5 Å². The van der Waals surface area contributed by atoms with E-state index in [0.29, 0.717) is 18.5 Å². The van der Waals surface area contributed by atoms with Gasteiger partial charge in [0.05, 0.1) is 7.11 Å². The van der Waals surface area contributed by atoms with Crippen molar-refractivity contribution in [2.75, 3.05) is 7.11 Å². The summed E-state index contributed by atoms with van der Waals surface area (Å²) < 4.78 is 5.44. The van der Waals surface area contributed by atoms with Gasteiger partial charge in [0.25, 0.3) is 0 Å². The molecule has 2 aromatic carbocycles. The van der Waals surface area contributed by atoms with Gasteiger partial charge in [-0.25, -0.2) is 0 Å². The number of methoxy groups -OCH3 is 1. The molecule has 2 N–H and O–H groups in total. The van der Waals surface area contributed by atoms with E-state index >= 15 is 0 Å². The number of nitrogens with two attached hydrogens (primary N) is 1. The normalized spacial score (nSPS) is 27.4. The lowest BCUT2D eigenvalue weighted by molar-refractivity contribution is -0.120. The average Bonchev–Trinajstić information content (AvgIpc) is 2.91. The van der Waals surface area contributed by atoms with Crippen LogP contribution < -0.4 is 10.5 Å². The summed E-state index contributed by atoms with van der Waals surface area (Å²) in [7, 11) is 1.69. The minimum Gasteiger partial charge on any atom is -0.497 e. The number of carbonyl (C=O) groups excluding carboxylic acids is 1. The van der Waals surface area contributed by atoms with Gasteiger partial charge in [-0.15, -0.1) is 0 Å². The number of piperidine rings is 1. The molecule has 0 aromatic heterocycles. The lowest BCUT2D eigenvalue weighted by Gasteiger charge is -2.47. The second-order valence-corrected chi connectivity index (χ2v) is 8.11. The predicted octanol–water partition coefficient (Wildman–Crippen LogP) is 3.64. The molecule has 4 rings (SSSR count). The zero-order valence-electron chi connectivity index (χ0n) is 15.9. The topological polar surface area (TPSA) is 55.6 Å². The first kappa shape index (κ1) is 18.1. The summed E-state index contributed by atoms with van der Waals surface area (Å²) in [4.78, 5) is 14.6. The van der Waals surface area contributed by atoms with E-state index in [9.17, 15) is 4.79 Å². The Hall–Kier alpha value is -2.33. The van der Waals surface area contributed by atoms with Crippen molar-refractivity contribution >= 4 is 5.91 Å². The van der Waals surface area contributed by atoms with E-state index in [4.69, 9.17) is 10.5 Å². The van der Waals surface area contributed by atoms with Gasteiger partial charge < -0.3 is 10.5 Å². The first-order valence-corrected chi connectivity index (χ1v) is 9.82. The SMILES string of the molecule is COc1cccc(C2(CC(N)=O)CC3CCC(C2)N3Cc2ccccc2)c1. The van der Waals surface area contributed by atoms with Crippen molar-refractivity contribution in [1.29, 1.82) is 0 Å². The highest BCUT2D eigenvalue weighted by Crippen LogP contribution is 2.49. The van der Waals surface area contributed by atoms with Crippen LogP contribution in [0.4, 0.5) is 0 Å².